The smallest absolute Gasteiger partial charge is 0.153 e. The van der Waals surface area contributed by atoms with Crippen LogP contribution in [0.1, 0.15) is 16.7 Å². The first-order valence-electron chi connectivity index (χ1n) is 5.24. The Kier molecular flexibility index (Phi) is 4.31. The van der Waals surface area contributed by atoms with Gasteiger partial charge in [0.1, 0.15) is 0 Å². The van der Waals surface area contributed by atoms with E-state index < -0.39 is 0 Å². The van der Waals surface area contributed by atoms with E-state index >= 15 is 0 Å². The molecule has 0 saturated heterocycles. The molecule has 1 rings (SSSR count). The van der Waals surface area contributed by atoms with E-state index in [2.05, 4.69) is 37.2 Å². The third-order valence-corrected chi connectivity index (χ3v) is 2.58. The zero-order valence-electron chi connectivity index (χ0n) is 10.1. The minimum absolute atomic E-state index is 0.228. The molecular formula is C12H19N3O. The second-order valence-electron chi connectivity index (χ2n) is 4.18. The predicted molar refractivity (Wildman–Crippen MR) is 65.7 cm³/mol. The lowest BCUT2D eigenvalue weighted by Crippen LogP contribution is -2.30. The molecule has 0 heterocycles. The molecule has 4 heteroatoms. The monoisotopic (exact) mass is 221 g/mol. The topological polar surface area (TPSA) is 61.8 Å². The largest absolute Gasteiger partial charge is 0.409 e. The van der Waals surface area contributed by atoms with E-state index in [1.807, 2.05) is 11.9 Å². The molecule has 0 unspecified atom stereocenters. The van der Waals surface area contributed by atoms with E-state index in [0.717, 1.165) is 6.54 Å². The Hall–Kier alpha value is -1.55. The molecule has 0 bridgehead atoms. The fraction of sp³-hybridized carbons (Fsp3) is 0.417. The van der Waals surface area contributed by atoms with Gasteiger partial charge in [0.15, 0.2) is 5.84 Å². The highest BCUT2D eigenvalue weighted by Gasteiger charge is 2.03. The fourth-order valence-corrected chi connectivity index (χ4v) is 1.58. The third-order valence-electron chi connectivity index (χ3n) is 2.58. The van der Waals surface area contributed by atoms with Crippen LogP contribution in [-0.4, -0.2) is 29.5 Å². The highest BCUT2D eigenvalue weighted by molar-refractivity contribution is 5.81. The zero-order valence-corrected chi connectivity index (χ0v) is 10.1. The Morgan fingerprint density at radius 2 is 2.06 bits per heavy atom. The van der Waals surface area contributed by atoms with E-state index in [-0.39, 0.29) is 5.84 Å². The van der Waals surface area contributed by atoms with Crippen molar-refractivity contribution in [3.8, 4) is 0 Å². The summed E-state index contributed by atoms with van der Waals surface area (Å²) < 4.78 is 0. The summed E-state index contributed by atoms with van der Waals surface area (Å²) in [6.07, 6.45) is 0. The molecule has 88 valence electrons. The number of benzene rings is 1. The molecule has 0 aliphatic heterocycles. The molecule has 1 aromatic carbocycles. The van der Waals surface area contributed by atoms with Gasteiger partial charge in [-0.2, -0.15) is 0 Å². The Labute approximate surface area is 96.4 Å². The standard InChI is InChI=1S/C12H19N3O/c1-9-4-5-11(6-10(9)2)7-15(3)8-12(13)14-16/h4-6,16H,7-8H2,1-3H3,(H2,13,14). The molecular weight excluding hydrogens is 202 g/mol. The molecule has 0 spiro atoms. The number of hydrogen-bond acceptors (Lipinski definition) is 3. The normalized spacial score (nSPS) is 12.1. The third kappa shape index (κ3) is 3.55. The summed E-state index contributed by atoms with van der Waals surface area (Å²) in [5.74, 6) is 0.228. The highest BCUT2D eigenvalue weighted by Crippen LogP contribution is 2.11. The van der Waals surface area contributed by atoms with Gasteiger partial charge < -0.3 is 10.9 Å². The maximum Gasteiger partial charge on any atom is 0.153 e. The van der Waals surface area contributed by atoms with Crippen LogP contribution in [0.3, 0.4) is 0 Å². The summed E-state index contributed by atoms with van der Waals surface area (Å²) in [7, 11) is 1.94. The Morgan fingerprint density at radius 1 is 1.38 bits per heavy atom. The van der Waals surface area contributed by atoms with Crippen molar-refractivity contribution in [2.75, 3.05) is 13.6 Å². The summed E-state index contributed by atoms with van der Waals surface area (Å²) in [5.41, 5.74) is 9.25. The van der Waals surface area contributed by atoms with Crippen molar-refractivity contribution in [3.63, 3.8) is 0 Å². The summed E-state index contributed by atoms with van der Waals surface area (Å²) in [4.78, 5) is 2.00. The van der Waals surface area contributed by atoms with E-state index in [4.69, 9.17) is 10.9 Å². The summed E-state index contributed by atoms with van der Waals surface area (Å²) in [5, 5.41) is 11.4. The summed E-state index contributed by atoms with van der Waals surface area (Å²) in [6.45, 7) is 5.45. The molecule has 4 nitrogen and oxygen atoms in total. The number of rotatable bonds is 4. The van der Waals surface area contributed by atoms with Crippen molar-refractivity contribution >= 4 is 5.84 Å². The molecule has 0 aromatic heterocycles. The van der Waals surface area contributed by atoms with Crippen LogP contribution in [0.4, 0.5) is 0 Å². The molecule has 1 aromatic rings. The van der Waals surface area contributed by atoms with Gasteiger partial charge in [-0.15, -0.1) is 0 Å². The van der Waals surface area contributed by atoms with E-state index in [0.29, 0.717) is 6.54 Å². The fourth-order valence-electron chi connectivity index (χ4n) is 1.58. The molecule has 3 N–H and O–H groups in total. The van der Waals surface area contributed by atoms with Crippen molar-refractivity contribution in [3.05, 3.63) is 34.9 Å². The first-order valence-corrected chi connectivity index (χ1v) is 5.24. The maximum atomic E-state index is 8.47. The van der Waals surface area contributed by atoms with Crippen LogP contribution in [0.15, 0.2) is 23.4 Å². The Morgan fingerprint density at radius 3 is 2.62 bits per heavy atom. The van der Waals surface area contributed by atoms with Crippen LogP contribution < -0.4 is 5.73 Å². The Balaban J connectivity index is 2.63. The number of aryl methyl sites for hydroxylation is 2. The van der Waals surface area contributed by atoms with Gasteiger partial charge in [-0.25, -0.2) is 0 Å². The molecule has 0 radical (unpaired) electrons. The molecule has 0 aliphatic carbocycles. The molecule has 16 heavy (non-hydrogen) atoms. The van der Waals surface area contributed by atoms with Gasteiger partial charge in [-0.05, 0) is 37.6 Å². The van der Waals surface area contributed by atoms with Crippen LogP contribution in [0, 0.1) is 13.8 Å². The van der Waals surface area contributed by atoms with Crippen molar-refractivity contribution in [2.45, 2.75) is 20.4 Å². The van der Waals surface area contributed by atoms with Crippen LogP contribution >= 0.6 is 0 Å². The minimum atomic E-state index is 0.228. The lowest BCUT2D eigenvalue weighted by Gasteiger charge is -2.16. The first-order chi connectivity index (χ1) is 7.52. The molecule has 0 fully saturated rings. The number of oxime groups is 1. The van der Waals surface area contributed by atoms with Crippen molar-refractivity contribution < 1.29 is 5.21 Å². The maximum absolute atomic E-state index is 8.47. The number of hydrogen-bond donors (Lipinski definition) is 2. The van der Waals surface area contributed by atoms with E-state index in [1.54, 1.807) is 0 Å². The van der Waals surface area contributed by atoms with E-state index in [9.17, 15) is 0 Å². The lowest BCUT2D eigenvalue weighted by molar-refractivity contribution is 0.308. The van der Waals surface area contributed by atoms with Crippen LogP contribution in [-0.2, 0) is 6.54 Å². The predicted octanol–water partition coefficient (Wildman–Crippen LogP) is 1.48. The molecule has 0 amide bonds. The quantitative estimate of drug-likeness (QED) is 0.350. The van der Waals surface area contributed by atoms with Crippen LogP contribution in [0.25, 0.3) is 0 Å². The first kappa shape index (κ1) is 12.5. The summed E-state index contributed by atoms with van der Waals surface area (Å²) >= 11 is 0. The second kappa shape index (κ2) is 5.51. The summed E-state index contributed by atoms with van der Waals surface area (Å²) in [6, 6.07) is 6.38. The van der Waals surface area contributed by atoms with Gasteiger partial charge in [0.2, 0.25) is 0 Å². The van der Waals surface area contributed by atoms with Crippen molar-refractivity contribution in [1.29, 1.82) is 0 Å². The van der Waals surface area contributed by atoms with Gasteiger partial charge >= 0.3 is 0 Å². The highest BCUT2D eigenvalue weighted by atomic mass is 16.4. The lowest BCUT2D eigenvalue weighted by atomic mass is 10.1. The molecule has 0 atom stereocenters. The van der Waals surface area contributed by atoms with Crippen molar-refractivity contribution in [2.24, 2.45) is 10.9 Å². The minimum Gasteiger partial charge on any atom is -0.409 e. The van der Waals surface area contributed by atoms with Gasteiger partial charge in [0.25, 0.3) is 0 Å². The second-order valence-corrected chi connectivity index (χ2v) is 4.18. The number of nitrogens with two attached hydrogens (primary N) is 1. The average Bonchev–Trinajstić information content (AvgIpc) is 2.23. The van der Waals surface area contributed by atoms with Crippen LogP contribution in [0.5, 0.6) is 0 Å². The van der Waals surface area contributed by atoms with Gasteiger partial charge in [0, 0.05) is 6.54 Å². The number of amidine groups is 1. The van der Waals surface area contributed by atoms with Gasteiger partial charge in [-0.3, -0.25) is 4.90 Å². The van der Waals surface area contributed by atoms with E-state index in [1.165, 1.54) is 16.7 Å². The zero-order chi connectivity index (χ0) is 12.1. The van der Waals surface area contributed by atoms with Gasteiger partial charge in [-0.1, -0.05) is 23.4 Å². The number of nitrogens with zero attached hydrogens (tertiary/aromatic N) is 2. The molecule has 0 saturated carbocycles. The van der Waals surface area contributed by atoms with Crippen molar-refractivity contribution in [1.82, 2.24) is 4.90 Å². The SMILES string of the molecule is Cc1ccc(CN(C)CC(N)=NO)cc1C. The average molecular weight is 221 g/mol. The van der Waals surface area contributed by atoms with Gasteiger partial charge in [0.05, 0.1) is 6.54 Å². The van der Waals surface area contributed by atoms with Crippen LogP contribution in [0.2, 0.25) is 0 Å². The molecule has 0 aliphatic rings. The Bertz CT molecular complexity index is 388. The number of likely N-dealkylation sites (N-methyl/N-ethyl adjacent to an activating group) is 1.